The first-order valence-corrected chi connectivity index (χ1v) is 11.6. The van der Waals surface area contributed by atoms with Gasteiger partial charge in [0, 0.05) is 43.9 Å². The van der Waals surface area contributed by atoms with Gasteiger partial charge in [0.05, 0.1) is 24.7 Å². The SMILES string of the molecule is COc1ccc(-c2c(CN3CCN(C)CC3)cnn2-c2ccc(-c3ccc(F)cc3)cc2)cc1. The zero-order chi connectivity index (χ0) is 23.5. The molecule has 0 bridgehead atoms. The lowest BCUT2D eigenvalue weighted by Crippen LogP contribution is -2.43. The monoisotopic (exact) mass is 456 g/mol. The number of halogens is 1. The number of rotatable bonds is 6. The standard InChI is InChI=1S/C28H29FN4O/c1-31-15-17-32(18-16-31)20-24-19-30-33(28(24)23-7-13-27(34-2)14-8-23)26-11-5-22(6-12-26)21-3-9-25(29)10-4-21/h3-14,19H,15-18,20H2,1-2H3. The molecule has 34 heavy (non-hydrogen) atoms. The molecule has 174 valence electrons. The Morgan fingerprint density at radius 3 is 2.00 bits per heavy atom. The average Bonchev–Trinajstić information content (AvgIpc) is 3.29. The van der Waals surface area contributed by atoms with Crippen LogP contribution in [0.2, 0.25) is 0 Å². The lowest BCUT2D eigenvalue weighted by molar-refractivity contribution is 0.148. The Bertz CT molecular complexity index is 1230. The average molecular weight is 457 g/mol. The van der Waals surface area contributed by atoms with Gasteiger partial charge in [-0.3, -0.25) is 4.90 Å². The minimum absolute atomic E-state index is 0.228. The van der Waals surface area contributed by atoms with Crippen LogP contribution in [0.25, 0.3) is 28.1 Å². The lowest BCUT2D eigenvalue weighted by atomic mass is 10.0. The molecule has 0 unspecified atom stereocenters. The van der Waals surface area contributed by atoms with Crippen molar-refractivity contribution < 1.29 is 9.13 Å². The highest BCUT2D eigenvalue weighted by atomic mass is 19.1. The van der Waals surface area contributed by atoms with Crippen molar-refractivity contribution in [1.82, 2.24) is 19.6 Å². The number of benzene rings is 3. The number of aromatic nitrogens is 2. The van der Waals surface area contributed by atoms with E-state index in [1.807, 2.05) is 23.0 Å². The number of ether oxygens (including phenoxy) is 1. The van der Waals surface area contributed by atoms with Gasteiger partial charge in [-0.2, -0.15) is 5.10 Å². The second kappa shape index (κ2) is 9.79. The van der Waals surface area contributed by atoms with Crippen molar-refractivity contribution in [2.75, 3.05) is 40.3 Å². The zero-order valence-electron chi connectivity index (χ0n) is 19.6. The van der Waals surface area contributed by atoms with Gasteiger partial charge < -0.3 is 9.64 Å². The van der Waals surface area contributed by atoms with Gasteiger partial charge in [0.1, 0.15) is 11.6 Å². The van der Waals surface area contributed by atoms with Gasteiger partial charge in [-0.05, 0) is 66.7 Å². The van der Waals surface area contributed by atoms with E-state index in [1.165, 1.54) is 17.7 Å². The Labute approximate surface area is 200 Å². The largest absolute Gasteiger partial charge is 0.497 e. The second-order valence-corrected chi connectivity index (χ2v) is 8.79. The summed E-state index contributed by atoms with van der Waals surface area (Å²) in [5, 5.41) is 4.80. The molecule has 5 nitrogen and oxygen atoms in total. The van der Waals surface area contributed by atoms with Crippen molar-refractivity contribution >= 4 is 0 Å². The third-order valence-electron chi connectivity index (χ3n) is 6.49. The zero-order valence-corrected chi connectivity index (χ0v) is 19.6. The maximum absolute atomic E-state index is 13.3. The molecular formula is C28H29FN4O. The molecule has 0 saturated carbocycles. The molecule has 6 heteroatoms. The summed E-state index contributed by atoms with van der Waals surface area (Å²) >= 11 is 0. The summed E-state index contributed by atoms with van der Waals surface area (Å²) < 4.78 is 20.7. The molecule has 0 radical (unpaired) electrons. The van der Waals surface area contributed by atoms with E-state index in [9.17, 15) is 4.39 Å². The minimum Gasteiger partial charge on any atom is -0.497 e. The number of hydrogen-bond donors (Lipinski definition) is 0. The van der Waals surface area contributed by atoms with E-state index in [0.717, 1.165) is 66.5 Å². The number of piperazine rings is 1. The molecular weight excluding hydrogens is 427 g/mol. The first-order chi connectivity index (χ1) is 16.6. The van der Waals surface area contributed by atoms with Crippen LogP contribution in [-0.4, -0.2) is 59.9 Å². The van der Waals surface area contributed by atoms with Crippen molar-refractivity contribution in [2.24, 2.45) is 0 Å². The molecule has 1 aromatic heterocycles. The predicted octanol–water partition coefficient (Wildman–Crippen LogP) is 5.10. The summed E-state index contributed by atoms with van der Waals surface area (Å²) in [5.74, 6) is 0.605. The maximum Gasteiger partial charge on any atom is 0.123 e. The van der Waals surface area contributed by atoms with E-state index in [-0.39, 0.29) is 5.82 Å². The minimum atomic E-state index is -0.228. The van der Waals surface area contributed by atoms with Crippen LogP contribution in [0.4, 0.5) is 4.39 Å². The van der Waals surface area contributed by atoms with Gasteiger partial charge in [-0.25, -0.2) is 9.07 Å². The molecule has 1 fully saturated rings. The van der Waals surface area contributed by atoms with Gasteiger partial charge >= 0.3 is 0 Å². The molecule has 1 saturated heterocycles. The topological polar surface area (TPSA) is 33.5 Å². The fourth-order valence-corrected chi connectivity index (χ4v) is 4.43. The van der Waals surface area contributed by atoms with Crippen LogP contribution >= 0.6 is 0 Å². The maximum atomic E-state index is 13.3. The van der Waals surface area contributed by atoms with Crippen molar-refractivity contribution in [1.29, 1.82) is 0 Å². The molecule has 0 atom stereocenters. The molecule has 0 N–H and O–H groups in total. The summed E-state index contributed by atoms with van der Waals surface area (Å²) in [6, 6.07) is 23.0. The fourth-order valence-electron chi connectivity index (χ4n) is 4.43. The van der Waals surface area contributed by atoms with Gasteiger partial charge in [0.25, 0.3) is 0 Å². The van der Waals surface area contributed by atoms with Crippen LogP contribution < -0.4 is 4.74 Å². The highest BCUT2D eigenvalue weighted by molar-refractivity contribution is 5.68. The Kier molecular flexibility index (Phi) is 6.43. The van der Waals surface area contributed by atoms with Crippen molar-refractivity contribution in [3.63, 3.8) is 0 Å². The van der Waals surface area contributed by atoms with Gasteiger partial charge in [-0.1, -0.05) is 24.3 Å². The molecule has 1 aliphatic heterocycles. The molecule has 1 aliphatic rings. The molecule has 2 heterocycles. The quantitative estimate of drug-likeness (QED) is 0.404. The van der Waals surface area contributed by atoms with E-state index in [2.05, 4.69) is 53.2 Å². The first-order valence-electron chi connectivity index (χ1n) is 11.6. The molecule has 5 rings (SSSR count). The molecule has 3 aromatic carbocycles. The van der Waals surface area contributed by atoms with Crippen molar-refractivity contribution in [3.8, 4) is 33.8 Å². The summed E-state index contributed by atoms with van der Waals surface area (Å²) in [5.41, 5.74) is 6.42. The number of likely N-dealkylation sites (N-methyl/N-ethyl adjacent to an activating group) is 1. The number of methoxy groups -OCH3 is 1. The molecule has 0 aliphatic carbocycles. The Balaban J connectivity index is 1.49. The van der Waals surface area contributed by atoms with Crippen molar-refractivity contribution in [3.05, 3.63) is 90.4 Å². The fraction of sp³-hybridized carbons (Fsp3) is 0.250. The first kappa shape index (κ1) is 22.3. The third kappa shape index (κ3) is 4.74. The van der Waals surface area contributed by atoms with Crippen LogP contribution in [0.15, 0.2) is 79.0 Å². The van der Waals surface area contributed by atoms with Crippen LogP contribution in [-0.2, 0) is 6.54 Å². The van der Waals surface area contributed by atoms with Crippen LogP contribution in [0.3, 0.4) is 0 Å². The Morgan fingerprint density at radius 1 is 0.794 bits per heavy atom. The van der Waals surface area contributed by atoms with E-state index in [0.29, 0.717) is 0 Å². The highest BCUT2D eigenvalue weighted by Crippen LogP contribution is 2.30. The number of nitrogens with zero attached hydrogens (tertiary/aromatic N) is 4. The van der Waals surface area contributed by atoms with E-state index >= 15 is 0 Å². The Morgan fingerprint density at radius 2 is 1.38 bits per heavy atom. The highest BCUT2D eigenvalue weighted by Gasteiger charge is 2.20. The summed E-state index contributed by atoms with van der Waals surface area (Å²) in [4.78, 5) is 4.86. The van der Waals surface area contributed by atoms with E-state index in [4.69, 9.17) is 9.84 Å². The summed E-state index contributed by atoms with van der Waals surface area (Å²) in [7, 11) is 3.86. The molecule has 0 spiro atoms. The molecule has 4 aromatic rings. The summed E-state index contributed by atoms with van der Waals surface area (Å²) in [6.45, 7) is 5.13. The van der Waals surface area contributed by atoms with Crippen molar-refractivity contribution in [2.45, 2.75) is 6.54 Å². The lowest BCUT2D eigenvalue weighted by Gasteiger charge is -2.32. The summed E-state index contributed by atoms with van der Waals surface area (Å²) in [6.07, 6.45) is 1.99. The van der Waals surface area contributed by atoms with Gasteiger partial charge in [0.2, 0.25) is 0 Å². The van der Waals surface area contributed by atoms with Gasteiger partial charge in [-0.15, -0.1) is 0 Å². The smallest absolute Gasteiger partial charge is 0.123 e. The predicted molar refractivity (Wildman–Crippen MR) is 134 cm³/mol. The normalized spacial score (nSPS) is 14.9. The third-order valence-corrected chi connectivity index (χ3v) is 6.49. The second-order valence-electron chi connectivity index (χ2n) is 8.79. The number of hydrogen-bond acceptors (Lipinski definition) is 4. The van der Waals surface area contributed by atoms with Crippen LogP contribution in [0.1, 0.15) is 5.56 Å². The van der Waals surface area contributed by atoms with Gasteiger partial charge in [0.15, 0.2) is 0 Å². The Hall–Kier alpha value is -3.48. The van der Waals surface area contributed by atoms with E-state index in [1.54, 1.807) is 19.2 Å². The molecule has 0 amide bonds. The van der Waals surface area contributed by atoms with Crippen LogP contribution in [0.5, 0.6) is 5.75 Å². The van der Waals surface area contributed by atoms with Crippen LogP contribution in [0, 0.1) is 5.82 Å². The van der Waals surface area contributed by atoms with E-state index < -0.39 is 0 Å².